The quantitative estimate of drug-likeness (QED) is 0.548. The molecule has 0 radical (unpaired) electrons. The molecule has 4 rings (SSSR count). The van der Waals surface area contributed by atoms with Crippen LogP contribution in [0.2, 0.25) is 0 Å². The number of nitrogens with one attached hydrogen (secondary N) is 2. The number of hydrogen-bond donors (Lipinski definition) is 3. The van der Waals surface area contributed by atoms with Gasteiger partial charge in [0.2, 0.25) is 11.9 Å². The van der Waals surface area contributed by atoms with E-state index in [4.69, 9.17) is 10.5 Å². The molecular formula is C24H28N6O2. The first-order valence-corrected chi connectivity index (χ1v) is 10.6. The molecule has 1 aliphatic heterocycles. The summed E-state index contributed by atoms with van der Waals surface area (Å²) >= 11 is 0. The van der Waals surface area contributed by atoms with Crippen molar-refractivity contribution in [3.8, 4) is 11.3 Å². The number of nitrogens with zero attached hydrogens (tertiary/aromatic N) is 3. The summed E-state index contributed by atoms with van der Waals surface area (Å²) in [6, 6.07) is 17.6. The van der Waals surface area contributed by atoms with E-state index < -0.39 is 5.54 Å². The van der Waals surface area contributed by atoms with Crippen molar-refractivity contribution in [3.05, 3.63) is 60.8 Å². The third kappa shape index (κ3) is 5.40. The molecule has 1 fully saturated rings. The number of ether oxygens (including phenoxy) is 1. The molecule has 32 heavy (non-hydrogen) atoms. The van der Waals surface area contributed by atoms with E-state index >= 15 is 0 Å². The zero-order chi connectivity index (χ0) is 22.6. The summed E-state index contributed by atoms with van der Waals surface area (Å²) in [5.41, 5.74) is 9.38. The van der Waals surface area contributed by atoms with E-state index in [9.17, 15) is 4.79 Å². The lowest BCUT2D eigenvalue weighted by Gasteiger charge is -2.28. The standard InChI is InChI=1S/C24H28N6O2/c1-24(2,25)22(31)27-18-5-3-17(4-6-18)21-11-12-26-23(29-21)28-19-7-9-20(10-8-19)30-13-15-32-16-14-30/h3-12H,13-16,25H2,1-2H3,(H,27,31)(H,26,28,29). The molecule has 166 valence electrons. The molecule has 2 heterocycles. The van der Waals surface area contributed by atoms with Gasteiger partial charge in [-0.05, 0) is 56.3 Å². The monoisotopic (exact) mass is 432 g/mol. The molecule has 0 spiro atoms. The van der Waals surface area contributed by atoms with Crippen molar-refractivity contribution in [2.75, 3.05) is 41.8 Å². The Morgan fingerprint density at radius 3 is 2.31 bits per heavy atom. The van der Waals surface area contributed by atoms with Crippen molar-refractivity contribution >= 4 is 28.9 Å². The molecule has 1 aromatic heterocycles. The lowest BCUT2D eigenvalue weighted by atomic mass is 10.1. The summed E-state index contributed by atoms with van der Waals surface area (Å²) in [6.45, 7) is 6.68. The predicted molar refractivity (Wildman–Crippen MR) is 127 cm³/mol. The molecule has 8 heteroatoms. The van der Waals surface area contributed by atoms with E-state index in [2.05, 4.69) is 37.6 Å². The number of amides is 1. The summed E-state index contributed by atoms with van der Waals surface area (Å²) in [4.78, 5) is 23.3. The van der Waals surface area contributed by atoms with E-state index in [0.717, 1.165) is 43.2 Å². The second-order valence-electron chi connectivity index (χ2n) is 8.29. The van der Waals surface area contributed by atoms with Crippen molar-refractivity contribution in [3.63, 3.8) is 0 Å². The summed E-state index contributed by atoms with van der Waals surface area (Å²) < 4.78 is 5.41. The molecule has 0 atom stereocenters. The highest BCUT2D eigenvalue weighted by Gasteiger charge is 2.21. The van der Waals surface area contributed by atoms with Gasteiger partial charge in [-0.1, -0.05) is 12.1 Å². The van der Waals surface area contributed by atoms with Gasteiger partial charge in [0.15, 0.2) is 0 Å². The van der Waals surface area contributed by atoms with Crippen molar-refractivity contribution < 1.29 is 9.53 Å². The zero-order valence-electron chi connectivity index (χ0n) is 18.3. The third-order valence-electron chi connectivity index (χ3n) is 5.18. The van der Waals surface area contributed by atoms with E-state index in [1.54, 1.807) is 20.0 Å². The maximum atomic E-state index is 12.0. The normalized spacial score (nSPS) is 14.2. The van der Waals surface area contributed by atoms with Crippen LogP contribution in [0.3, 0.4) is 0 Å². The highest BCUT2D eigenvalue weighted by molar-refractivity contribution is 5.97. The van der Waals surface area contributed by atoms with Crippen LogP contribution < -0.4 is 21.3 Å². The average Bonchev–Trinajstić information content (AvgIpc) is 2.80. The number of aromatic nitrogens is 2. The van der Waals surface area contributed by atoms with Crippen molar-refractivity contribution in [2.45, 2.75) is 19.4 Å². The summed E-state index contributed by atoms with van der Waals surface area (Å²) in [5.74, 6) is 0.280. The fraction of sp³-hybridized carbons (Fsp3) is 0.292. The highest BCUT2D eigenvalue weighted by atomic mass is 16.5. The molecule has 0 unspecified atom stereocenters. The number of morpholine rings is 1. The molecule has 2 aromatic carbocycles. The van der Waals surface area contributed by atoms with Crippen molar-refractivity contribution in [1.29, 1.82) is 0 Å². The van der Waals surface area contributed by atoms with Gasteiger partial charge in [0.25, 0.3) is 0 Å². The smallest absolute Gasteiger partial charge is 0.243 e. The van der Waals surface area contributed by atoms with Crippen LogP contribution in [0.5, 0.6) is 0 Å². The van der Waals surface area contributed by atoms with Gasteiger partial charge in [0.1, 0.15) is 0 Å². The Hall–Kier alpha value is -3.49. The molecule has 3 aromatic rings. The highest BCUT2D eigenvalue weighted by Crippen LogP contribution is 2.23. The lowest BCUT2D eigenvalue weighted by molar-refractivity contribution is -0.120. The van der Waals surface area contributed by atoms with E-state index in [1.807, 2.05) is 42.5 Å². The Morgan fingerprint density at radius 2 is 1.66 bits per heavy atom. The minimum atomic E-state index is -0.938. The molecule has 0 bridgehead atoms. The second-order valence-corrected chi connectivity index (χ2v) is 8.29. The van der Waals surface area contributed by atoms with Crippen LogP contribution in [0.25, 0.3) is 11.3 Å². The van der Waals surface area contributed by atoms with Gasteiger partial charge in [-0.2, -0.15) is 0 Å². The number of carbonyl (C=O) groups excluding carboxylic acids is 1. The van der Waals surface area contributed by atoms with E-state index in [-0.39, 0.29) is 5.91 Å². The molecule has 8 nitrogen and oxygen atoms in total. The predicted octanol–water partition coefficient (Wildman–Crippen LogP) is 3.40. The van der Waals surface area contributed by atoms with Crippen molar-refractivity contribution in [1.82, 2.24) is 9.97 Å². The molecule has 4 N–H and O–H groups in total. The molecule has 0 saturated carbocycles. The number of rotatable bonds is 6. The van der Waals surface area contributed by atoms with Gasteiger partial charge in [0, 0.05) is 41.9 Å². The van der Waals surface area contributed by atoms with Crippen LogP contribution in [0.15, 0.2) is 60.8 Å². The third-order valence-corrected chi connectivity index (χ3v) is 5.18. The Labute approximate surface area is 187 Å². The molecule has 1 aliphatic rings. The van der Waals surface area contributed by atoms with Crippen LogP contribution in [0, 0.1) is 0 Å². The SMILES string of the molecule is CC(C)(N)C(=O)Nc1ccc(-c2ccnc(Nc3ccc(N4CCOCC4)cc3)n2)cc1. The van der Waals surface area contributed by atoms with Gasteiger partial charge in [0.05, 0.1) is 24.4 Å². The molecule has 1 amide bonds. The van der Waals surface area contributed by atoms with Gasteiger partial charge in [-0.3, -0.25) is 4.79 Å². The number of hydrogen-bond acceptors (Lipinski definition) is 7. The number of anilines is 4. The minimum Gasteiger partial charge on any atom is -0.378 e. The summed E-state index contributed by atoms with van der Waals surface area (Å²) in [6.07, 6.45) is 1.72. The van der Waals surface area contributed by atoms with E-state index in [1.165, 1.54) is 5.69 Å². The minimum absolute atomic E-state index is 0.238. The topological polar surface area (TPSA) is 105 Å². The van der Waals surface area contributed by atoms with Crippen LogP contribution >= 0.6 is 0 Å². The molecule has 0 aliphatic carbocycles. The van der Waals surface area contributed by atoms with Gasteiger partial charge < -0.3 is 26.0 Å². The first-order valence-electron chi connectivity index (χ1n) is 10.6. The van der Waals surface area contributed by atoms with Gasteiger partial charge in [-0.25, -0.2) is 9.97 Å². The van der Waals surface area contributed by atoms with Crippen LogP contribution in [-0.2, 0) is 9.53 Å². The summed E-state index contributed by atoms with van der Waals surface area (Å²) in [5, 5.41) is 6.08. The van der Waals surface area contributed by atoms with Gasteiger partial charge in [-0.15, -0.1) is 0 Å². The second kappa shape index (κ2) is 9.33. The maximum Gasteiger partial charge on any atom is 0.243 e. The zero-order valence-corrected chi connectivity index (χ0v) is 18.3. The number of benzene rings is 2. The van der Waals surface area contributed by atoms with Crippen LogP contribution in [-0.4, -0.2) is 47.7 Å². The Kier molecular flexibility index (Phi) is 6.34. The Bertz CT molecular complexity index is 1060. The first-order chi connectivity index (χ1) is 15.4. The fourth-order valence-electron chi connectivity index (χ4n) is 3.30. The van der Waals surface area contributed by atoms with Gasteiger partial charge >= 0.3 is 0 Å². The first kappa shape index (κ1) is 21.7. The lowest BCUT2D eigenvalue weighted by Crippen LogP contribution is -2.45. The number of carbonyl (C=O) groups is 1. The molecular weight excluding hydrogens is 404 g/mol. The van der Waals surface area contributed by atoms with E-state index in [0.29, 0.717) is 11.6 Å². The molecule has 1 saturated heterocycles. The Morgan fingerprint density at radius 1 is 1.00 bits per heavy atom. The van der Waals surface area contributed by atoms with Crippen LogP contribution in [0.4, 0.5) is 23.0 Å². The summed E-state index contributed by atoms with van der Waals surface area (Å²) in [7, 11) is 0. The van der Waals surface area contributed by atoms with Crippen molar-refractivity contribution in [2.24, 2.45) is 5.73 Å². The Balaban J connectivity index is 1.42. The number of nitrogens with two attached hydrogens (primary N) is 1. The van der Waals surface area contributed by atoms with Crippen LogP contribution in [0.1, 0.15) is 13.8 Å². The largest absolute Gasteiger partial charge is 0.378 e. The average molecular weight is 433 g/mol. The fourth-order valence-corrected chi connectivity index (χ4v) is 3.30. The maximum absolute atomic E-state index is 12.0.